The number of rotatable bonds is 4. The lowest BCUT2D eigenvalue weighted by molar-refractivity contribution is -0.143. The van der Waals surface area contributed by atoms with E-state index in [1.54, 1.807) is 0 Å². The molecule has 0 saturated carbocycles. The molecule has 0 aromatic heterocycles. The molecule has 0 unspecified atom stereocenters. The van der Waals surface area contributed by atoms with Crippen molar-refractivity contribution < 1.29 is 47.5 Å². The molecule has 0 saturated heterocycles. The minimum atomic E-state index is -5.50. The molecule has 0 radical (unpaired) electrons. The average Bonchev–Trinajstić information content (AvgIpc) is 2.67. The summed E-state index contributed by atoms with van der Waals surface area (Å²) in [5.74, 6) is 0. The number of halogens is 7. The lowest BCUT2D eigenvalue weighted by Crippen LogP contribution is -2.16. The average molecular weight is 521 g/mol. The Hall–Kier alpha value is -2.83. The highest BCUT2D eigenvalue weighted by molar-refractivity contribution is 8.07. The van der Waals surface area contributed by atoms with E-state index in [0.29, 0.717) is 0 Å². The standard InChI is InChI=1S/C16H7ClF6N2O5S2/c17-11-1-3-12(4-2-11)31(26,27)14(8-24)25-30-32(28,29)13-6-9(15(18,19)20)5-10(7-13)16(21,22)23/h1-7H. The van der Waals surface area contributed by atoms with E-state index in [2.05, 4.69) is 9.44 Å². The third-order valence-electron chi connectivity index (χ3n) is 3.54. The molecule has 0 aliphatic heterocycles. The van der Waals surface area contributed by atoms with Crippen molar-refractivity contribution in [3.63, 3.8) is 0 Å². The van der Waals surface area contributed by atoms with Gasteiger partial charge < -0.3 is 0 Å². The Morgan fingerprint density at radius 3 is 1.75 bits per heavy atom. The van der Waals surface area contributed by atoms with Crippen LogP contribution in [0, 0.1) is 11.3 Å². The molecule has 2 aromatic rings. The number of hydrogen-bond acceptors (Lipinski definition) is 7. The monoisotopic (exact) mass is 520 g/mol. The molecule has 0 N–H and O–H groups in total. The molecule has 7 nitrogen and oxygen atoms in total. The summed E-state index contributed by atoms with van der Waals surface area (Å²) in [6, 6.07) is 4.46. The first-order valence-corrected chi connectivity index (χ1v) is 11.0. The van der Waals surface area contributed by atoms with Crippen molar-refractivity contribution in [2.45, 2.75) is 22.1 Å². The van der Waals surface area contributed by atoms with Crippen molar-refractivity contribution in [3.05, 3.63) is 58.6 Å². The van der Waals surface area contributed by atoms with Gasteiger partial charge in [-0.3, -0.25) is 4.28 Å². The van der Waals surface area contributed by atoms with Crippen LogP contribution in [-0.2, 0) is 36.6 Å². The van der Waals surface area contributed by atoms with Gasteiger partial charge in [0.1, 0.15) is 11.0 Å². The minimum absolute atomic E-state index is 0.114. The summed E-state index contributed by atoms with van der Waals surface area (Å²) in [6.07, 6.45) is -10.7. The Morgan fingerprint density at radius 2 is 1.34 bits per heavy atom. The van der Waals surface area contributed by atoms with Crippen LogP contribution in [0.15, 0.2) is 57.4 Å². The molecule has 0 aliphatic rings. The number of benzene rings is 2. The highest BCUT2D eigenvalue weighted by atomic mass is 35.5. The lowest BCUT2D eigenvalue weighted by atomic mass is 10.1. The summed E-state index contributed by atoms with van der Waals surface area (Å²) >= 11 is 5.60. The topological polar surface area (TPSA) is 114 Å². The van der Waals surface area contributed by atoms with Gasteiger partial charge in [-0.2, -0.15) is 40.0 Å². The zero-order chi connectivity index (χ0) is 24.5. The molecule has 0 bridgehead atoms. The smallest absolute Gasteiger partial charge is 0.263 e. The van der Waals surface area contributed by atoms with Gasteiger partial charge in [-0.15, -0.1) is 0 Å². The van der Waals surface area contributed by atoms with Crippen molar-refractivity contribution in [3.8, 4) is 6.07 Å². The number of sulfone groups is 1. The summed E-state index contributed by atoms with van der Waals surface area (Å²) < 4.78 is 130. The number of nitriles is 1. The first kappa shape index (κ1) is 25.4. The fraction of sp³-hybridized carbons (Fsp3) is 0.125. The van der Waals surface area contributed by atoms with Crippen LogP contribution in [0.2, 0.25) is 5.02 Å². The Bertz CT molecular complexity index is 1280. The van der Waals surface area contributed by atoms with E-state index in [1.807, 2.05) is 0 Å². The SMILES string of the molecule is N#CC(=NOS(=O)(=O)c1cc(C(F)(F)F)cc(C(F)(F)F)c1)S(=O)(=O)c1ccc(Cl)cc1. The van der Waals surface area contributed by atoms with Crippen molar-refractivity contribution in [1.82, 2.24) is 0 Å². The fourth-order valence-electron chi connectivity index (χ4n) is 2.05. The van der Waals surface area contributed by atoms with Gasteiger partial charge in [-0.25, -0.2) is 8.42 Å². The van der Waals surface area contributed by atoms with Crippen molar-refractivity contribution >= 4 is 36.6 Å². The van der Waals surface area contributed by atoms with E-state index in [-0.39, 0.29) is 23.2 Å². The Morgan fingerprint density at radius 1 is 0.875 bits per heavy atom. The number of oxime groups is 1. The molecule has 0 aliphatic carbocycles. The van der Waals surface area contributed by atoms with E-state index >= 15 is 0 Å². The number of nitrogens with zero attached hydrogens (tertiary/aromatic N) is 2. The Balaban J connectivity index is 2.53. The third-order valence-corrected chi connectivity index (χ3v) is 6.45. The molecule has 2 rings (SSSR count). The lowest BCUT2D eigenvalue weighted by Gasteiger charge is -2.13. The maximum Gasteiger partial charge on any atom is 0.416 e. The van der Waals surface area contributed by atoms with Crippen LogP contribution < -0.4 is 0 Å². The number of hydrogen-bond donors (Lipinski definition) is 0. The molecule has 32 heavy (non-hydrogen) atoms. The zero-order valence-electron chi connectivity index (χ0n) is 14.9. The van der Waals surface area contributed by atoms with Crippen LogP contribution in [0.5, 0.6) is 0 Å². The molecule has 0 amide bonds. The normalized spacial score (nSPS) is 13.5. The summed E-state index contributed by atoms with van der Waals surface area (Å²) in [6.45, 7) is 0. The summed E-state index contributed by atoms with van der Waals surface area (Å²) in [7, 11) is -10.3. The highest BCUT2D eigenvalue weighted by Gasteiger charge is 2.38. The van der Waals surface area contributed by atoms with Crippen molar-refractivity contribution in [1.29, 1.82) is 5.26 Å². The van der Waals surface area contributed by atoms with Crippen molar-refractivity contribution in [2.75, 3.05) is 0 Å². The van der Waals surface area contributed by atoms with Gasteiger partial charge in [0.15, 0.2) is 0 Å². The van der Waals surface area contributed by atoms with Gasteiger partial charge in [0, 0.05) is 5.02 Å². The van der Waals surface area contributed by atoms with Crippen LogP contribution in [-0.4, -0.2) is 21.9 Å². The largest absolute Gasteiger partial charge is 0.416 e. The van der Waals surface area contributed by atoms with Gasteiger partial charge >= 0.3 is 22.5 Å². The van der Waals surface area contributed by atoms with Gasteiger partial charge in [-0.1, -0.05) is 11.6 Å². The van der Waals surface area contributed by atoms with E-state index < -0.39 is 58.3 Å². The Labute approximate surface area is 181 Å². The van der Waals surface area contributed by atoms with Gasteiger partial charge in [0.2, 0.25) is 9.84 Å². The van der Waals surface area contributed by atoms with Crippen LogP contribution >= 0.6 is 11.6 Å². The second kappa shape index (κ2) is 8.60. The first-order valence-electron chi connectivity index (χ1n) is 7.70. The molecule has 2 aromatic carbocycles. The zero-order valence-corrected chi connectivity index (χ0v) is 17.3. The van der Waals surface area contributed by atoms with Gasteiger partial charge in [-0.05, 0) is 47.6 Å². The van der Waals surface area contributed by atoms with Crippen LogP contribution in [0.4, 0.5) is 26.3 Å². The maximum atomic E-state index is 12.9. The van der Waals surface area contributed by atoms with Crippen LogP contribution in [0.25, 0.3) is 0 Å². The Kier molecular flexibility index (Phi) is 6.84. The highest BCUT2D eigenvalue weighted by Crippen LogP contribution is 2.37. The molecule has 16 heteroatoms. The molecule has 172 valence electrons. The van der Waals surface area contributed by atoms with E-state index in [1.165, 1.54) is 0 Å². The van der Waals surface area contributed by atoms with Crippen LogP contribution in [0.3, 0.4) is 0 Å². The fourth-order valence-corrected chi connectivity index (χ4v) is 4.00. The van der Waals surface area contributed by atoms with Gasteiger partial charge in [0.25, 0.3) is 5.04 Å². The molecule has 0 heterocycles. The molecule has 0 atom stereocenters. The number of alkyl halides is 6. The minimum Gasteiger partial charge on any atom is -0.263 e. The second-order valence-electron chi connectivity index (χ2n) is 5.74. The predicted molar refractivity (Wildman–Crippen MR) is 96.4 cm³/mol. The van der Waals surface area contributed by atoms with E-state index in [0.717, 1.165) is 30.3 Å². The molecular weight excluding hydrogens is 514 g/mol. The predicted octanol–water partition coefficient (Wildman–Crippen LogP) is 4.39. The molecule has 0 fully saturated rings. The van der Waals surface area contributed by atoms with Crippen LogP contribution in [0.1, 0.15) is 11.1 Å². The third kappa shape index (κ3) is 5.69. The van der Waals surface area contributed by atoms with Gasteiger partial charge in [0.05, 0.1) is 16.0 Å². The molecule has 0 spiro atoms. The molecular formula is C16H7ClF6N2O5S2. The maximum absolute atomic E-state index is 12.9. The quantitative estimate of drug-likeness (QED) is 0.256. The first-order chi connectivity index (χ1) is 14.5. The second-order valence-corrected chi connectivity index (χ2v) is 9.57. The van der Waals surface area contributed by atoms with E-state index in [9.17, 15) is 43.2 Å². The summed E-state index contributed by atoms with van der Waals surface area (Å²) in [4.78, 5) is -2.19. The van der Waals surface area contributed by atoms with E-state index in [4.69, 9.17) is 16.9 Å². The summed E-state index contributed by atoms with van der Waals surface area (Å²) in [5.41, 5.74) is -3.93. The van der Waals surface area contributed by atoms with Crippen molar-refractivity contribution in [2.24, 2.45) is 5.16 Å². The summed E-state index contributed by atoms with van der Waals surface area (Å²) in [5, 5.41) is 10.2.